The molecule has 2 amide bonds. The second kappa shape index (κ2) is 7.07. The first-order valence-electron chi connectivity index (χ1n) is 7.85. The lowest BCUT2D eigenvalue weighted by atomic mass is 9.95. The molecule has 0 aliphatic carbocycles. The zero-order valence-corrected chi connectivity index (χ0v) is 12.6. The van der Waals surface area contributed by atoms with Gasteiger partial charge >= 0.3 is 0 Å². The Hall–Kier alpha value is -1.10. The largest absolute Gasteiger partial charge is 0.381 e. The fraction of sp³-hybridized carbons (Fsp3) is 0.867. The fourth-order valence-corrected chi connectivity index (χ4v) is 3.09. The van der Waals surface area contributed by atoms with Gasteiger partial charge in [0.15, 0.2) is 0 Å². The molecule has 5 nitrogen and oxygen atoms in total. The van der Waals surface area contributed by atoms with E-state index in [1.54, 1.807) is 9.80 Å². The van der Waals surface area contributed by atoms with E-state index in [0.717, 1.165) is 45.3 Å². The highest BCUT2D eigenvalue weighted by Gasteiger charge is 2.44. The van der Waals surface area contributed by atoms with E-state index in [1.807, 2.05) is 6.92 Å². The Balaban J connectivity index is 1.91. The summed E-state index contributed by atoms with van der Waals surface area (Å²) in [6, 6.07) is -0.521. The van der Waals surface area contributed by atoms with E-state index in [9.17, 15) is 9.59 Å². The molecule has 0 aromatic carbocycles. The minimum atomic E-state index is -0.317. The van der Waals surface area contributed by atoms with Crippen LogP contribution >= 0.6 is 0 Å². The molecule has 0 radical (unpaired) electrons. The van der Waals surface area contributed by atoms with Gasteiger partial charge in [0.2, 0.25) is 11.8 Å². The second-order valence-electron chi connectivity index (χ2n) is 5.72. The number of hydrogen-bond donors (Lipinski definition) is 0. The van der Waals surface area contributed by atoms with Gasteiger partial charge in [-0.05, 0) is 39.0 Å². The number of piperazine rings is 1. The number of amides is 2. The minimum Gasteiger partial charge on any atom is -0.381 e. The SMILES string of the molecule is CCCOCCCN1C(=O)C2CCCCN2C(=O)C1C. The molecule has 2 aliphatic heterocycles. The predicted octanol–water partition coefficient (Wildman–Crippen LogP) is 1.41. The first-order valence-corrected chi connectivity index (χ1v) is 7.85. The highest BCUT2D eigenvalue weighted by Crippen LogP contribution is 2.26. The number of ether oxygens (including phenoxy) is 1. The quantitative estimate of drug-likeness (QED) is 0.692. The number of fused-ring (bicyclic) bond motifs is 1. The Bertz CT molecular complexity index is 359. The Labute approximate surface area is 121 Å². The van der Waals surface area contributed by atoms with Crippen LogP contribution in [0.4, 0.5) is 0 Å². The number of carbonyl (C=O) groups is 2. The third-order valence-corrected chi connectivity index (χ3v) is 4.22. The molecule has 114 valence electrons. The monoisotopic (exact) mass is 282 g/mol. The maximum Gasteiger partial charge on any atom is 0.246 e. The third kappa shape index (κ3) is 3.14. The summed E-state index contributed by atoms with van der Waals surface area (Å²) in [5, 5.41) is 0. The molecule has 2 atom stereocenters. The molecule has 5 heteroatoms. The van der Waals surface area contributed by atoms with Crippen molar-refractivity contribution in [1.82, 2.24) is 9.80 Å². The third-order valence-electron chi connectivity index (χ3n) is 4.22. The summed E-state index contributed by atoms with van der Waals surface area (Å²) in [4.78, 5) is 28.4. The smallest absolute Gasteiger partial charge is 0.246 e. The Morgan fingerprint density at radius 1 is 1.20 bits per heavy atom. The van der Waals surface area contributed by atoms with Crippen molar-refractivity contribution in [2.45, 2.75) is 58.0 Å². The average molecular weight is 282 g/mol. The van der Waals surface area contributed by atoms with E-state index in [0.29, 0.717) is 13.2 Å². The zero-order chi connectivity index (χ0) is 14.5. The summed E-state index contributed by atoms with van der Waals surface area (Å²) < 4.78 is 5.44. The molecule has 2 saturated heterocycles. The van der Waals surface area contributed by atoms with E-state index in [1.165, 1.54) is 0 Å². The highest BCUT2D eigenvalue weighted by atomic mass is 16.5. The van der Waals surface area contributed by atoms with Crippen molar-refractivity contribution in [1.29, 1.82) is 0 Å². The van der Waals surface area contributed by atoms with Gasteiger partial charge in [0.1, 0.15) is 12.1 Å². The van der Waals surface area contributed by atoms with Gasteiger partial charge in [0.05, 0.1) is 0 Å². The summed E-state index contributed by atoms with van der Waals surface area (Å²) in [7, 11) is 0. The molecular weight excluding hydrogens is 256 g/mol. The normalized spacial score (nSPS) is 26.9. The standard InChI is InChI=1S/C15H26N2O3/c1-3-10-20-11-6-9-16-12(2)14(18)17-8-5-4-7-13(17)15(16)19/h12-13H,3-11H2,1-2H3. The van der Waals surface area contributed by atoms with Gasteiger partial charge in [-0.1, -0.05) is 6.92 Å². The van der Waals surface area contributed by atoms with Crippen LogP contribution in [0.1, 0.15) is 46.0 Å². The van der Waals surface area contributed by atoms with Crippen LogP contribution in [0.15, 0.2) is 0 Å². The summed E-state index contributed by atoms with van der Waals surface area (Å²) in [5.41, 5.74) is 0. The molecule has 0 spiro atoms. The first kappa shape index (κ1) is 15.3. The lowest BCUT2D eigenvalue weighted by molar-refractivity contribution is -0.163. The molecule has 0 bridgehead atoms. The maximum atomic E-state index is 12.5. The van der Waals surface area contributed by atoms with E-state index in [-0.39, 0.29) is 23.9 Å². The van der Waals surface area contributed by atoms with Gasteiger partial charge in [0.25, 0.3) is 0 Å². The van der Waals surface area contributed by atoms with Crippen LogP contribution < -0.4 is 0 Å². The minimum absolute atomic E-state index is 0.115. The molecule has 0 aromatic heterocycles. The lowest BCUT2D eigenvalue weighted by Crippen LogP contribution is -2.65. The molecule has 0 saturated carbocycles. The summed E-state index contributed by atoms with van der Waals surface area (Å²) in [6.45, 7) is 6.71. The average Bonchev–Trinajstić information content (AvgIpc) is 2.48. The van der Waals surface area contributed by atoms with Crippen LogP contribution in [0.25, 0.3) is 0 Å². The van der Waals surface area contributed by atoms with Gasteiger partial charge in [-0.3, -0.25) is 9.59 Å². The molecule has 2 fully saturated rings. The van der Waals surface area contributed by atoms with E-state index < -0.39 is 0 Å². The number of piperidine rings is 1. The fourth-order valence-electron chi connectivity index (χ4n) is 3.09. The molecule has 20 heavy (non-hydrogen) atoms. The molecule has 2 unspecified atom stereocenters. The van der Waals surface area contributed by atoms with Crippen molar-refractivity contribution in [3.8, 4) is 0 Å². The van der Waals surface area contributed by atoms with Gasteiger partial charge in [0, 0.05) is 26.3 Å². The van der Waals surface area contributed by atoms with Crippen LogP contribution in [0.5, 0.6) is 0 Å². The molecule has 0 N–H and O–H groups in total. The van der Waals surface area contributed by atoms with E-state index >= 15 is 0 Å². The van der Waals surface area contributed by atoms with Crippen molar-refractivity contribution in [2.24, 2.45) is 0 Å². The van der Waals surface area contributed by atoms with Crippen LogP contribution in [0, 0.1) is 0 Å². The number of nitrogens with zero attached hydrogens (tertiary/aromatic N) is 2. The maximum absolute atomic E-state index is 12.5. The lowest BCUT2D eigenvalue weighted by Gasteiger charge is -2.46. The van der Waals surface area contributed by atoms with Crippen LogP contribution in [-0.4, -0.2) is 60.0 Å². The van der Waals surface area contributed by atoms with Gasteiger partial charge in [-0.15, -0.1) is 0 Å². The predicted molar refractivity (Wildman–Crippen MR) is 76.3 cm³/mol. The zero-order valence-electron chi connectivity index (χ0n) is 12.6. The molecule has 2 rings (SSSR count). The van der Waals surface area contributed by atoms with Crippen molar-refractivity contribution in [3.05, 3.63) is 0 Å². The van der Waals surface area contributed by atoms with Crippen molar-refractivity contribution in [3.63, 3.8) is 0 Å². The summed E-state index contributed by atoms with van der Waals surface area (Å²) in [6.07, 6.45) is 4.69. The Morgan fingerprint density at radius 2 is 2.00 bits per heavy atom. The topological polar surface area (TPSA) is 49.9 Å². The van der Waals surface area contributed by atoms with Crippen LogP contribution in [-0.2, 0) is 14.3 Å². The number of rotatable bonds is 6. The van der Waals surface area contributed by atoms with Gasteiger partial charge < -0.3 is 14.5 Å². The number of carbonyl (C=O) groups excluding carboxylic acids is 2. The van der Waals surface area contributed by atoms with E-state index in [4.69, 9.17) is 4.74 Å². The molecule has 2 aliphatic rings. The van der Waals surface area contributed by atoms with Gasteiger partial charge in [-0.2, -0.15) is 0 Å². The Kier molecular flexibility index (Phi) is 5.40. The highest BCUT2D eigenvalue weighted by molar-refractivity contribution is 5.96. The summed E-state index contributed by atoms with van der Waals surface area (Å²) >= 11 is 0. The molecule has 2 heterocycles. The van der Waals surface area contributed by atoms with Crippen LogP contribution in [0.2, 0.25) is 0 Å². The van der Waals surface area contributed by atoms with Crippen LogP contribution in [0.3, 0.4) is 0 Å². The molecule has 0 aromatic rings. The number of hydrogen-bond acceptors (Lipinski definition) is 3. The van der Waals surface area contributed by atoms with Crippen molar-refractivity contribution in [2.75, 3.05) is 26.3 Å². The van der Waals surface area contributed by atoms with E-state index in [2.05, 4.69) is 6.92 Å². The second-order valence-corrected chi connectivity index (χ2v) is 5.72. The van der Waals surface area contributed by atoms with Crippen molar-refractivity contribution >= 4 is 11.8 Å². The summed E-state index contributed by atoms with van der Waals surface area (Å²) in [5.74, 6) is 0.246. The van der Waals surface area contributed by atoms with Crippen molar-refractivity contribution < 1.29 is 14.3 Å². The molecular formula is C15H26N2O3. The Morgan fingerprint density at radius 3 is 2.75 bits per heavy atom. The van der Waals surface area contributed by atoms with Gasteiger partial charge in [-0.25, -0.2) is 0 Å². The first-order chi connectivity index (χ1) is 9.66.